The molecule has 0 saturated carbocycles. The zero-order chi connectivity index (χ0) is 20.4. The van der Waals surface area contributed by atoms with Gasteiger partial charge in [0.2, 0.25) is 9.84 Å². The van der Waals surface area contributed by atoms with Crippen LogP contribution >= 0.6 is 0 Å². The minimum absolute atomic E-state index is 0.234. The van der Waals surface area contributed by atoms with Crippen LogP contribution in [0.25, 0.3) is 11.0 Å². The number of rotatable bonds is 5. The summed E-state index contributed by atoms with van der Waals surface area (Å²) in [6.45, 7) is 2.17. The Morgan fingerprint density at radius 2 is 1.45 bits per heavy atom. The van der Waals surface area contributed by atoms with Gasteiger partial charge in [0.1, 0.15) is 17.9 Å². The highest BCUT2D eigenvalue weighted by molar-refractivity contribution is 7.91. The highest BCUT2D eigenvalue weighted by atomic mass is 32.2. The molecule has 4 aromatic rings. The average Bonchev–Trinajstić information content (AvgIpc) is 2.72. The second-order valence-corrected chi connectivity index (χ2v) is 8.65. The second kappa shape index (κ2) is 7.56. The van der Waals surface area contributed by atoms with Crippen molar-refractivity contribution in [1.29, 1.82) is 0 Å². The molecule has 0 saturated heterocycles. The Morgan fingerprint density at radius 1 is 0.828 bits per heavy atom. The average molecular weight is 406 g/mol. The van der Waals surface area contributed by atoms with Crippen LogP contribution in [0, 0.1) is 6.92 Å². The van der Waals surface area contributed by atoms with E-state index in [0.717, 1.165) is 16.5 Å². The fraction of sp³-hybridized carbons (Fsp3) is 0.0870. The van der Waals surface area contributed by atoms with Crippen LogP contribution in [0.5, 0.6) is 5.75 Å². The van der Waals surface area contributed by atoms with Gasteiger partial charge in [0.25, 0.3) is 0 Å². The maximum absolute atomic E-state index is 12.7. The van der Waals surface area contributed by atoms with Gasteiger partial charge in [0.15, 0.2) is 0 Å². The van der Waals surface area contributed by atoms with Crippen molar-refractivity contribution in [3.8, 4) is 5.75 Å². The van der Waals surface area contributed by atoms with Crippen molar-refractivity contribution in [1.82, 2.24) is 0 Å². The molecule has 0 atom stereocenters. The molecule has 0 aliphatic rings. The molecule has 146 valence electrons. The number of sulfone groups is 1. The van der Waals surface area contributed by atoms with E-state index in [2.05, 4.69) is 0 Å². The summed E-state index contributed by atoms with van der Waals surface area (Å²) in [7, 11) is -3.55. The van der Waals surface area contributed by atoms with Gasteiger partial charge in [-0.1, -0.05) is 29.8 Å². The largest absolute Gasteiger partial charge is 0.489 e. The first-order valence-electron chi connectivity index (χ1n) is 8.99. The van der Waals surface area contributed by atoms with E-state index in [1.54, 1.807) is 66.7 Å². The van der Waals surface area contributed by atoms with E-state index in [-0.39, 0.29) is 16.4 Å². The summed E-state index contributed by atoms with van der Waals surface area (Å²) in [6.07, 6.45) is 0. The molecule has 29 heavy (non-hydrogen) atoms. The zero-order valence-corrected chi connectivity index (χ0v) is 16.5. The predicted molar refractivity (Wildman–Crippen MR) is 110 cm³/mol. The molecule has 0 aliphatic heterocycles. The summed E-state index contributed by atoms with van der Waals surface area (Å²) in [5.74, 6) is 0.559. The minimum atomic E-state index is -3.55. The lowest BCUT2D eigenvalue weighted by molar-refractivity contribution is 0.306. The molecule has 0 fully saturated rings. The first kappa shape index (κ1) is 19.0. The van der Waals surface area contributed by atoms with Gasteiger partial charge in [-0.15, -0.1) is 0 Å². The van der Waals surface area contributed by atoms with Gasteiger partial charge >= 0.3 is 5.63 Å². The Balaban J connectivity index is 1.50. The van der Waals surface area contributed by atoms with Crippen molar-refractivity contribution in [3.05, 3.63) is 100 Å². The van der Waals surface area contributed by atoms with Crippen LogP contribution in [-0.2, 0) is 16.4 Å². The van der Waals surface area contributed by atoms with E-state index in [0.29, 0.717) is 11.3 Å². The fourth-order valence-electron chi connectivity index (χ4n) is 2.92. The molecule has 0 spiro atoms. The quantitative estimate of drug-likeness (QED) is 0.456. The Labute approximate surface area is 168 Å². The van der Waals surface area contributed by atoms with Crippen LogP contribution in [0.15, 0.2) is 97.9 Å². The van der Waals surface area contributed by atoms with E-state index < -0.39 is 15.5 Å². The Kier molecular flexibility index (Phi) is 4.94. The van der Waals surface area contributed by atoms with Crippen LogP contribution < -0.4 is 10.4 Å². The lowest BCUT2D eigenvalue weighted by Gasteiger charge is -2.09. The van der Waals surface area contributed by atoms with Gasteiger partial charge in [-0.25, -0.2) is 13.2 Å². The van der Waals surface area contributed by atoms with Crippen molar-refractivity contribution in [2.24, 2.45) is 0 Å². The number of ether oxygens (including phenoxy) is 1. The minimum Gasteiger partial charge on any atom is -0.489 e. The van der Waals surface area contributed by atoms with Gasteiger partial charge in [-0.2, -0.15) is 0 Å². The van der Waals surface area contributed by atoms with E-state index in [1.807, 2.05) is 13.0 Å². The lowest BCUT2D eigenvalue weighted by atomic mass is 10.2. The number of hydrogen-bond donors (Lipinski definition) is 0. The summed E-state index contributed by atoms with van der Waals surface area (Å²) in [6, 6.07) is 21.7. The van der Waals surface area contributed by atoms with Crippen molar-refractivity contribution >= 4 is 20.8 Å². The number of hydrogen-bond acceptors (Lipinski definition) is 5. The van der Waals surface area contributed by atoms with Crippen molar-refractivity contribution in [2.45, 2.75) is 23.3 Å². The molecule has 0 unspecified atom stereocenters. The predicted octanol–water partition coefficient (Wildman–Crippen LogP) is 4.51. The molecule has 1 aromatic heterocycles. The van der Waals surface area contributed by atoms with Crippen molar-refractivity contribution in [2.75, 3.05) is 0 Å². The molecule has 3 aromatic carbocycles. The monoisotopic (exact) mass is 406 g/mol. The number of benzene rings is 3. The van der Waals surface area contributed by atoms with Crippen LogP contribution in [0.2, 0.25) is 0 Å². The van der Waals surface area contributed by atoms with Crippen LogP contribution in [0.1, 0.15) is 11.1 Å². The number of aryl methyl sites for hydroxylation is 1. The van der Waals surface area contributed by atoms with Crippen LogP contribution in [0.3, 0.4) is 0 Å². The zero-order valence-electron chi connectivity index (χ0n) is 15.7. The number of fused-ring (bicyclic) bond motifs is 1. The third-order valence-corrected chi connectivity index (χ3v) is 6.35. The summed E-state index contributed by atoms with van der Waals surface area (Å²) >= 11 is 0. The van der Waals surface area contributed by atoms with Crippen LogP contribution in [-0.4, -0.2) is 8.42 Å². The van der Waals surface area contributed by atoms with Gasteiger partial charge in [0, 0.05) is 17.5 Å². The first-order chi connectivity index (χ1) is 13.9. The normalized spacial score (nSPS) is 11.5. The molecule has 5 nitrogen and oxygen atoms in total. The summed E-state index contributed by atoms with van der Waals surface area (Å²) < 4.78 is 36.3. The SMILES string of the molecule is Cc1ccc(S(=O)(=O)c2ccc(COc3ccc4ccc(=O)oc4c3)cc2)cc1. The molecule has 4 rings (SSSR count). The third kappa shape index (κ3) is 4.07. The Hall–Kier alpha value is -3.38. The molecular weight excluding hydrogens is 388 g/mol. The Morgan fingerprint density at radius 3 is 2.14 bits per heavy atom. The first-order valence-corrected chi connectivity index (χ1v) is 10.5. The topological polar surface area (TPSA) is 73.6 Å². The molecule has 0 radical (unpaired) electrons. The maximum atomic E-state index is 12.7. The molecule has 0 amide bonds. The van der Waals surface area contributed by atoms with E-state index in [9.17, 15) is 13.2 Å². The molecule has 0 N–H and O–H groups in total. The third-order valence-electron chi connectivity index (χ3n) is 4.56. The molecular formula is C23H18O5S. The fourth-order valence-corrected chi connectivity index (χ4v) is 4.18. The molecule has 6 heteroatoms. The van der Waals surface area contributed by atoms with Gasteiger partial charge in [-0.3, -0.25) is 0 Å². The molecule has 0 aliphatic carbocycles. The standard InChI is InChI=1S/C23H18O5S/c1-16-2-9-20(10-3-16)29(25,26)21-11-4-17(5-12-21)15-27-19-8-6-18-7-13-23(24)28-22(18)14-19/h2-14H,15H2,1H3. The van der Waals surface area contributed by atoms with Gasteiger partial charge in [-0.05, 0) is 55.0 Å². The van der Waals surface area contributed by atoms with Crippen molar-refractivity contribution < 1.29 is 17.6 Å². The lowest BCUT2D eigenvalue weighted by Crippen LogP contribution is -2.03. The summed E-state index contributed by atoms with van der Waals surface area (Å²) in [4.78, 5) is 11.9. The highest BCUT2D eigenvalue weighted by Crippen LogP contribution is 2.23. The van der Waals surface area contributed by atoms with Crippen LogP contribution in [0.4, 0.5) is 0 Å². The second-order valence-electron chi connectivity index (χ2n) is 6.70. The molecule has 0 bridgehead atoms. The smallest absolute Gasteiger partial charge is 0.336 e. The van der Waals surface area contributed by atoms with Gasteiger partial charge < -0.3 is 9.15 Å². The Bertz CT molecular complexity index is 1320. The molecule has 1 heterocycles. The van der Waals surface area contributed by atoms with E-state index >= 15 is 0 Å². The maximum Gasteiger partial charge on any atom is 0.336 e. The van der Waals surface area contributed by atoms with E-state index in [4.69, 9.17) is 9.15 Å². The van der Waals surface area contributed by atoms with E-state index in [1.165, 1.54) is 6.07 Å². The van der Waals surface area contributed by atoms with Gasteiger partial charge in [0.05, 0.1) is 9.79 Å². The highest BCUT2D eigenvalue weighted by Gasteiger charge is 2.17. The summed E-state index contributed by atoms with van der Waals surface area (Å²) in [5.41, 5.74) is 1.86. The van der Waals surface area contributed by atoms with Crippen molar-refractivity contribution in [3.63, 3.8) is 0 Å². The summed E-state index contributed by atoms with van der Waals surface area (Å²) in [5, 5.41) is 0.808.